The maximum Gasteiger partial charge on any atom is 0.243 e. The number of benzene rings is 2. The van der Waals surface area contributed by atoms with E-state index in [0.29, 0.717) is 11.3 Å². The molecule has 0 aliphatic rings. The highest BCUT2D eigenvalue weighted by atomic mass is 19.1. The smallest absolute Gasteiger partial charge is 0.243 e. The van der Waals surface area contributed by atoms with Gasteiger partial charge in [0.1, 0.15) is 11.5 Å². The predicted octanol–water partition coefficient (Wildman–Crippen LogP) is 3.32. The first-order valence-electron chi connectivity index (χ1n) is 6.11. The van der Waals surface area contributed by atoms with E-state index in [4.69, 9.17) is 0 Å². The molecule has 1 amide bonds. The van der Waals surface area contributed by atoms with E-state index in [0.717, 1.165) is 6.07 Å². The van der Waals surface area contributed by atoms with Crippen molar-refractivity contribution >= 4 is 17.3 Å². The molecule has 3 nitrogen and oxygen atoms in total. The Hall–Kier alpha value is -2.43. The van der Waals surface area contributed by atoms with E-state index in [2.05, 4.69) is 10.6 Å². The van der Waals surface area contributed by atoms with E-state index in [9.17, 15) is 13.6 Å². The Morgan fingerprint density at radius 2 is 1.80 bits per heavy atom. The molecule has 0 aliphatic carbocycles. The van der Waals surface area contributed by atoms with Gasteiger partial charge in [-0.15, -0.1) is 0 Å². The fourth-order valence-corrected chi connectivity index (χ4v) is 1.71. The van der Waals surface area contributed by atoms with Crippen LogP contribution in [0, 0.1) is 18.6 Å². The van der Waals surface area contributed by atoms with Gasteiger partial charge < -0.3 is 10.6 Å². The molecule has 0 unspecified atom stereocenters. The van der Waals surface area contributed by atoms with Crippen LogP contribution in [-0.4, -0.2) is 12.5 Å². The number of para-hydroxylation sites is 1. The standard InChI is InChI=1S/C15H14F2N2O/c1-10-7-8-12(16)15(14(10)17)18-9-13(20)19-11-5-3-2-4-6-11/h2-8,18H,9H2,1H3,(H,19,20). The molecule has 20 heavy (non-hydrogen) atoms. The van der Waals surface area contributed by atoms with Crippen molar-refractivity contribution < 1.29 is 13.6 Å². The number of halogens is 2. The minimum Gasteiger partial charge on any atom is -0.371 e. The van der Waals surface area contributed by atoms with E-state index in [1.807, 2.05) is 6.07 Å². The second-order valence-electron chi connectivity index (χ2n) is 4.32. The SMILES string of the molecule is Cc1ccc(F)c(NCC(=O)Nc2ccccc2)c1F. The number of hydrogen-bond acceptors (Lipinski definition) is 2. The van der Waals surface area contributed by atoms with Crippen LogP contribution < -0.4 is 10.6 Å². The maximum absolute atomic E-state index is 13.7. The van der Waals surface area contributed by atoms with Crippen LogP contribution in [0.15, 0.2) is 42.5 Å². The third-order valence-corrected chi connectivity index (χ3v) is 2.77. The second-order valence-corrected chi connectivity index (χ2v) is 4.32. The van der Waals surface area contributed by atoms with Crippen molar-refractivity contribution in [2.45, 2.75) is 6.92 Å². The van der Waals surface area contributed by atoms with E-state index in [1.165, 1.54) is 13.0 Å². The van der Waals surface area contributed by atoms with E-state index in [1.54, 1.807) is 24.3 Å². The Kier molecular flexibility index (Phi) is 4.30. The molecule has 2 rings (SSSR count). The quantitative estimate of drug-likeness (QED) is 0.899. The highest BCUT2D eigenvalue weighted by Gasteiger charge is 2.12. The van der Waals surface area contributed by atoms with E-state index >= 15 is 0 Å². The lowest BCUT2D eigenvalue weighted by atomic mass is 10.2. The average Bonchev–Trinajstić information content (AvgIpc) is 2.44. The Morgan fingerprint density at radius 3 is 2.50 bits per heavy atom. The average molecular weight is 276 g/mol. The van der Waals surface area contributed by atoms with Gasteiger partial charge in [-0.2, -0.15) is 0 Å². The first-order valence-corrected chi connectivity index (χ1v) is 6.11. The molecule has 2 aromatic rings. The van der Waals surface area contributed by atoms with Crippen molar-refractivity contribution in [3.63, 3.8) is 0 Å². The molecular weight excluding hydrogens is 262 g/mol. The molecule has 0 saturated carbocycles. The van der Waals surface area contributed by atoms with Crippen LogP contribution in [-0.2, 0) is 4.79 Å². The fourth-order valence-electron chi connectivity index (χ4n) is 1.71. The van der Waals surface area contributed by atoms with Crippen LogP contribution in [0.3, 0.4) is 0 Å². The molecule has 0 aliphatic heterocycles. The van der Waals surface area contributed by atoms with Gasteiger partial charge in [0.15, 0.2) is 5.82 Å². The number of carbonyl (C=O) groups is 1. The Bertz CT molecular complexity index is 615. The van der Waals surface area contributed by atoms with Crippen LogP contribution in [0.1, 0.15) is 5.56 Å². The molecule has 104 valence electrons. The first-order chi connectivity index (χ1) is 9.58. The van der Waals surface area contributed by atoms with Crippen molar-refractivity contribution in [3.8, 4) is 0 Å². The summed E-state index contributed by atoms with van der Waals surface area (Å²) in [6.07, 6.45) is 0. The molecular formula is C15H14F2N2O. The minimum atomic E-state index is -0.722. The van der Waals surface area contributed by atoms with Gasteiger partial charge >= 0.3 is 0 Å². The van der Waals surface area contributed by atoms with Gasteiger partial charge in [0.2, 0.25) is 5.91 Å². The van der Waals surface area contributed by atoms with E-state index in [-0.39, 0.29) is 18.1 Å². The summed E-state index contributed by atoms with van der Waals surface area (Å²) in [7, 11) is 0. The number of carbonyl (C=O) groups excluding carboxylic acids is 1. The molecule has 0 bridgehead atoms. The molecule has 2 N–H and O–H groups in total. The zero-order valence-electron chi connectivity index (χ0n) is 10.9. The summed E-state index contributed by atoms with van der Waals surface area (Å²) in [5.74, 6) is -1.78. The molecule has 0 fully saturated rings. The Labute approximate surface area is 115 Å². The third-order valence-electron chi connectivity index (χ3n) is 2.77. The Balaban J connectivity index is 1.99. The summed E-state index contributed by atoms with van der Waals surface area (Å²) in [5.41, 5.74) is 0.662. The van der Waals surface area contributed by atoms with Crippen LogP contribution >= 0.6 is 0 Å². The molecule has 0 spiro atoms. The molecule has 0 saturated heterocycles. The molecule has 0 atom stereocenters. The lowest BCUT2D eigenvalue weighted by molar-refractivity contribution is -0.114. The summed E-state index contributed by atoms with van der Waals surface area (Å²) in [6, 6.07) is 11.4. The number of nitrogens with one attached hydrogen (secondary N) is 2. The minimum absolute atomic E-state index is 0.216. The summed E-state index contributed by atoms with van der Waals surface area (Å²) >= 11 is 0. The van der Waals surface area contributed by atoms with Gasteiger partial charge in [-0.1, -0.05) is 24.3 Å². The summed E-state index contributed by atoms with van der Waals surface area (Å²) in [5, 5.41) is 5.10. The number of aryl methyl sites for hydroxylation is 1. The number of anilines is 2. The van der Waals surface area contributed by atoms with Gasteiger partial charge in [0.05, 0.1) is 6.54 Å². The molecule has 0 radical (unpaired) electrons. The van der Waals surface area contributed by atoms with Gasteiger partial charge in [0.25, 0.3) is 0 Å². The summed E-state index contributed by atoms with van der Waals surface area (Å²) < 4.78 is 27.2. The second kappa shape index (κ2) is 6.14. The van der Waals surface area contributed by atoms with Crippen LogP contribution in [0.2, 0.25) is 0 Å². The van der Waals surface area contributed by atoms with Gasteiger partial charge in [-0.05, 0) is 30.7 Å². The zero-order valence-corrected chi connectivity index (χ0v) is 10.9. The van der Waals surface area contributed by atoms with Crippen molar-refractivity contribution in [2.75, 3.05) is 17.2 Å². The maximum atomic E-state index is 13.7. The summed E-state index contributed by atoms with van der Waals surface area (Å²) in [6.45, 7) is 1.32. The van der Waals surface area contributed by atoms with Gasteiger partial charge in [-0.3, -0.25) is 4.79 Å². The monoisotopic (exact) mass is 276 g/mol. The van der Waals surface area contributed by atoms with Crippen LogP contribution in [0.5, 0.6) is 0 Å². The molecule has 2 aromatic carbocycles. The molecule has 0 heterocycles. The number of hydrogen-bond donors (Lipinski definition) is 2. The van der Waals surface area contributed by atoms with Crippen LogP contribution in [0.4, 0.5) is 20.2 Å². The normalized spacial score (nSPS) is 10.2. The first kappa shape index (κ1) is 14.0. The predicted molar refractivity (Wildman–Crippen MR) is 74.7 cm³/mol. The van der Waals surface area contributed by atoms with Gasteiger partial charge in [-0.25, -0.2) is 8.78 Å². The van der Waals surface area contributed by atoms with Crippen molar-refractivity contribution in [1.29, 1.82) is 0 Å². The van der Waals surface area contributed by atoms with Crippen molar-refractivity contribution in [2.24, 2.45) is 0 Å². The zero-order chi connectivity index (χ0) is 14.5. The largest absolute Gasteiger partial charge is 0.371 e. The number of amides is 1. The number of rotatable bonds is 4. The van der Waals surface area contributed by atoms with Gasteiger partial charge in [0, 0.05) is 5.69 Å². The van der Waals surface area contributed by atoms with Crippen molar-refractivity contribution in [3.05, 3.63) is 59.7 Å². The van der Waals surface area contributed by atoms with Crippen molar-refractivity contribution in [1.82, 2.24) is 0 Å². The third kappa shape index (κ3) is 3.32. The molecule has 0 aromatic heterocycles. The Morgan fingerprint density at radius 1 is 1.10 bits per heavy atom. The topological polar surface area (TPSA) is 41.1 Å². The van der Waals surface area contributed by atoms with E-state index < -0.39 is 11.6 Å². The highest BCUT2D eigenvalue weighted by molar-refractivity contribution is 5.93. The molecule has 5 heteroatoms. The fraction of sp³-hybridized carbons (Fsp3) is 0.133. The highest BCUT2D eigenvalue weighted by Crippen LogP contribution is 2.21. The lowest BCUT2D eigenvalue weighted by Gasteiger charge is -2.10. The van der Waals surface area contributed by atoms with Crippen LogP contribution in [0.25, 0.3) is 0 Å². The summed E-state index contributed by atoms with van der Waals surface area (Å²) in [4.78, 5) is 11.7. The lowest BCUT2D eigenvalue weighted by Crippen LogP contribution is -2.22.